The van der Waals surface area contributed by atoms with Crippen LogP contribution in [-0.4, -0.2) is 11.3 Å². The van der Waals surface area contributed by atoms with Gasteiger partial charge in [-0.05, 0) is 6.42 Å². The van der Waals surface area contributed by atoms with Gasteiger partial charge in [-0.15, -0.1) is 0 Å². The van der Waals surface area contributed by atoms with Gasteiger partial charge in [0.25, 0.3) is 0 Å². The van der Waals surface area contributed by atoms with Crippen molar-refractivity contribution in [3.05, 3.63) is 0 Å². The number of halogens is 1. The van der Waals surface area contributed by atoms with Crippen molar-refractivity contribution < 1.29 is 9.63 Å². The number of hydrogen-bond donors (Lipinski definition) is 1. The van der Waals surface area contributed by atoms with Gasteiger partial charge < -0.3 is 4.84 Å². The Balaban J connectivity index is 2.99. The van der Waals surface area contributed by atoms with Gasteiger partial charge in [-0.3, -0.25) is 4.79 Å². The summed E-state index contributed by atoms with van der Waals surface area (Å²) in [6.45, 7) is 0. The van der Waals surface area contributed by atoms with Gasteiger partial charge in [-0.2, -0.15) is 5.90 Å². The number of rotatable bonds is 3. The minimum atomic E-state index is -0.357. The van der Waals surface area contributed by atoms with Crippen molar-refractivity contribution in [3.63, 3.8) is 0 Å². The molecule has 0 atom stereocenters. The zero-order chi connectivity index (χ0) is 6.41. The van der Waals surface area contributed by atoms with E-state index in [4.69, 9.17) is 0 Å². The van der Waals surface area contributed by atoms with Gasteiger partial charge in [-0.1, -0.05) is 15.9 Å². The average Bonchev–Trinajstić information content (AvgIpc) is 1.83. The molecule has 0 heterocycles. The normalized spacial score (nSPS) is 8.75. The van der Waals surface area contributed by atoms with Gasteiger partial charge in [0.1, 0.15) is 0 Å². The molecule has 2 N–H and O–H groups in total. The van der Waals surface area contributed by atoms with Crippen LogP contribution in [0.25, 0.3) is 0 Å². The maximum absolute atomic E-state index is 10.2. The van der Waals surface area contributed by atoms with Crippen LogP contribution >= 0.6 is 15.9 Å². The third kappa shape index (κ3) is 4.08. The van der Waals surface area contributed by atoms with Crippen molar-refractivity contribution in [3.8, 4) is 0 Å². The SMILES string of the molecule is NOC(=O)CCCBr. The zero-order valence-corrected chi connectivity index (χ0v) is 5.98. The molecular formula is C4H8BrNO2. The van der Waals surface area contributed by atoms with Crippen LogP contribution in [0, 0.1) is 0 Å². The first-order chi connectivity index (χ1) is 3.81. The van der Waals surface area contributed by atoms with Crippen molar-refractivity contribution in [2.45, 2.75) is 12.8 Å². The van der Waals surface area contributed by atoms with Crippen molar-refractivity contribution in [2.24, 2.45) is 5.90 Å². The monoisotopic (exact) mass is 181 g/mol. The van der Waals surface area contributed by atoms with E-state index >= 15 is 0 Å². The molecule has 4 heteroatoms. The Kier molecular flexibility index (Phi) is 5.00. The molecule has 0 radical (unpaired) electrons. The van der Waals surface area contributed by atoms with Gasteiger partial charge >= 0.3 is 5.97 Å². The molecule has 0 aliphatic heterocycles. The van der Waals surface area contributed by atoms with Crippen molar-refractivity contribution in [1.82, 2.24) is 0 Å². The number of carbonyl (C=O) groups is 1. The van der Waals surface area contributed by atoms with Crippen LogP contribution in [-0.2, 0) is 9.63 Å². The Morgan fingerprint density at radius 3 is 2.75 bits per heavy atom. The minimum Gasteiger partial charge on any atom is -0.373 e. The molecular weight excluding hydrogens is 174 g/mol. The lowest BCUT2D eigenvalue weighted by Crippen LogP contribution is -2.09. The van der Waals surface area contributed by atoms with Crippen LogP contribution in [0.5, 0.6) is 0 Å². The van der Waals surface area contributed by atoms with E-state index in [2.05, 4.69) is 26.7 Å². The summed E-state index contributed by atoms with van der Waals surface area (Å²) >= 11 is 3.16. The molecule has 3 nitrogen and oxygen atoms in total. The summed E-state index contributed by atoms with van der Waals surface area (Å²) in [6, 6.07) is 0. The molecule has 0 spiro atoms. The standard InChI is InChI=1S/C4H8BrNO2/c5-3-1-2-4(7)8-6/h1-3,6H2. The summed E-state index contributed by atoms with van der Waals surface area (Å²) < 4.78 is 0. The third-order valence-electron chi connectivity index (χ3n) is 0.646. The van der Waals surface area contributed by atoms with Gasteiger partial charge in [0, 0.05) is 11.8 Å². The third-order valence-corrected chi connectivity index (χ3v) is 1.21. The Morgan fingerprint density at radius 2 is 2.38 bits per heavy atom. The molecule has 0 aromatic heterocycles. The Labute approximate surface area is 56.3 Å². The molecule has 0 aliphatic carbocycles. The number of nitrogens with two attached hydrogens (primary N) is 1. The van der Waals surface area contributed by atoms with E-state index in [1.165, 1.54) is 0 Å². The van der Waals surface area contributed by atoms with Crippen LogP contribution in [0.2, 0.25) is 0 Å². The number of hydrogen-bond acceptors (Lipinski definition) is 3. The predicted molar refractivity (Wildman–Crippen MR) is 33.3 cm³/mol. The summed E-state index contributed by atoms with van der Waals surface area (Å²) in [6.07, 6.45) is 1.16. The van der Waals surface area contributed by atoms with Gasteiger partial charge in [0.05, 0.1) is 0 Å². The number of carbonyl (C=O) groups excluding carboxylic acids is 1. The first-order valence-corrected chi connectivity index (χ1v) is 3.39. The lowest BCUT2D eigenvalue weighted by molar-refractivity contribution is -0.144. The highest BCUT2D eigenvalue weighted by molar-refractivity contribution is 9.09. The summed E-state index contributed by atoms with van der Waals surface area (Å²) in [5.74, 6) is 4.19. The smallest absolute Gasteiger partial charge is 0.324 e. The van der Waals surface area contributed by atoms with Crippen LogP contribution < -0.4 is 5.90 Å². The second kappa shape index (κ2) is 5.05. The lowest BCUT2D eigenvalue weighted by atomic mass is 10.3. The van der Waals surface area contributed by atoms with Gasteiger partial charge in [0.15, 0.2) is 0 Å². The van der Waals surface area contributed by atoms with Crippen LogP contribution in [0.4, 0.5) is 0 Å². The highest BCUT2D eigenvalue weighted by atomic mass is 79.9. The Bertz CT molecular complexity index is 76.4. The molecule has 0 saturated carbocycles. The largest absolute Gasteiger partial charge is 0.373 e. The zero-order valence-electron chi connectivity index (χ0n) is 4.39. The molecule has 0 bridgehead atoms. The maximum atomic E-state index is 10.2. The van der Waals surface area contributed by atoms with Crippen molar-refractivity contribution in [1.29, 1.82) is 0 Å². The van der Waals surface area contributed by atoms with Crippen LogP contribution in [0.1, 0.15) is 12.8 Å². The molecule has 0 rings (SSSR count). The quantitative estimate of drug-likeness (QED) is 0.513. The topological polar surface area (TPSA) is 52.3 Å². The van der Waals surface area contributed by atoms with Crippen molar-refractivity contribution >= 4 is 21.9 Å². The summed E-state index contributed by atoms with van der Waals surface area (Å²) in [5.41, 5.74) is 0. The highest BCUT2D eigenvalue weighted by Crippen LogP contribution is 1.93. The first kappa shape index (κ1) is 7.91. The fourth-order valence-electron chi connectivity index (χ4n) is 0.270. The second-order valence-electron chi connectivity index (χ2n) is 1.28. The molecule has 0 unspecified atom stereocenters. The van der Waals surface area contributed by atoms with E-state index in [-0.39, 0.29) is 5.97 Å². The Hall–Kier alpha value is -0.0900. The van der Waals surface area contributed by atoms with Gasteiger partial charge in [-0.25, -0.2) is 0 Å². The molecule has 48 valence electrons. The minimum absolute atomic E-state index is 0.357. The lowest BCUT2D eigenvalue weighted by Gasteiger charge is -1.92. The fraction of sp³-hybridized carbons (Fsp3) is 0.750. The fourth-order valence-corrected chi connectivity index (χ4v) is 0.550. The molecule has 0 aromatic carbocycles. The molecule has 0 saturated heterocycles. The number of alkyl halides is 1. The van der Waals surface area contributed by atoms with E-state index in [9.17, 15) is 4.79 Å². The average molecular weight is 182 g/mol. The van der Waals surface area contributed by atoms with E-state index in [1.54, 1.807) is 0 Å². The summed E-state index contributed by atoms with van der Waals surface area (Å²) in [5, 5.41) is 0.808. The first-order valence-electron chi connectivity index (χ1n) is 2.26. The van der Waals surface area contributed by atoms with E-state index < -0.39 is 0 Å². The molecule has 0 aliphatic rings. The molecule has 0 fully saturated rings. The van der Waals surface area contributed by atoms with E-state index in [0.717, 1.165) is 11.8 Å². The van der Waals surface area contributed by atoms with E-state index in [1.807, 2.05) is 0 Å². The summed E-state index contributed by atoms with van der Waals surface area (Å²) in [4.78, 5) is 14.1. The van der Waals surface area contributed by atoms with Crippen LogP contribution in [0.15, 0.2) is 0 Å². The van der Waals surface area contributed by atoms with Crippen LogP contribution in [0.3, 0.4) is 0 Å². The molecule has 8 heavy (non-hydrogen) atoms. The Morgan fingerprint density at radius 1 is 1.75 bits per heavy atom. The molecule has 0 aromatic rings. The van der Waals surface area contributed by atoms with Crippen molar-refractivity contribution in [2.75, 3.05) is 5.33 Å². The second-order valence-corrected chi connectivity index (χ2v) is 2.08. The molecule has 0 amide bonds. The maximum Gasteiger partial charge on any atom is 0.324 e. The predicted octanol–water partition coefficient (Wildman–Crippen LogP) is 0.578. The summed E-state index contributed by atoms with van der Waals surface area (Å²) in [7, 11) is 0. The van der Waals surface area contributed by atoms with E-state index in [0.29, 0.717) is 6.42 Å². The van der Waals surface area contributed by atoms with Gasteiger partial charge in [0.2, 0.25) is 0 Å². The highest BCUT2D eigenvalue weighted by Gasteiger charge is 1.96.